The Morgan fingerprint density at radius 1 is 1.13 bits per heavy atom. The van der Waals surface area contributed by atoms with Crippen LogP contribution in [0.3, 0.4) is 0 Å². The first kappa shape index (κ1) is 12.3. The largest absolute Gasteiger partial charge is 0.319 e. The first-order chi connectivity index (χ1) is 6.53. The maximum absolute atomic E-state index is 13.2. The van der Waals surface area contributed by atoms with Gasteiger partial charge in [-0.2, -0.15) is 0 Å². The number of rotatable bonds is 1. The summed E-state index contributed by atoms with van der Waals surface area (Å²) in [4.78, 5) is 0. The Kier molecular flexibility index (Phi) is 3.28. The van der Waals surface area contributed by atoms with Crippen molar-refractivity contribution in [2.45, 2.75) is 5.54 Å². The standard InChI is InChI=1S/C9H9F3N2.ClH/c10-5-1-6(11)8(7(12)2-5)9(13)3-14-4-9;/h1-2,14H,3-4,13H2;1H. The molecule has 2 nitrogen and oxygen atoms in total. The van der Waals surface area contributed by atoms with Crippen molar-refractivity contribution in [1.82, 2.24) is 5.32 Å². The molecule has 1 aromatic rings. The average Bonchev–Trinajstić information content (AvgIpc) is 1.99. The van der Waals surface area contributed by atoms with Gasteiger partial charge in [-0.25, -0.2) is 13.2 Å². The van der Waals surface area contributed by atoms with Gasteiger partial charge >= 0.3 is 0 Å². The summed E-state index contributed by atoms with van der Waals surface area (Å²) in [6, 6.07) is 1.29. The molecular weight excluding hydrogens is 229 g/mol. The third kappa shape index (κ3) is 1.95. The van der Waals surface area contributed by atoms with Crippen molar-refractivity contribution in [2.24, 2.45) is 5.73 Å². The van der Waals surface area contributed by atoms with Gasteiger partial charge in [0, 0.05) is 30.8 Å². The van der Waals surface area contributed by atoms with Crippen LogP contribution in [0.15, 0.2) is 12.1 Å². The first-order valence-electron chi connectivity index (χ1n) is 4.17. The molecule has 1 saturated heterocycles. The van der Waals surface area contributed by atoms with Crippen molar-refractivity contribution >= 4 is 12.4 Å². The van der Waals surface area contributed by atoms with E-state index in [0.29, 0.717) is 25.2 Å². The zero-order valence-corrected chi connectivity index (χ0v) is 8.50. The Morgan fingerprint density at radius 3 is 1.93 bits per heavy atom. The number of nitrogens with two attached hydrogens (primary N) is 1. The van der Waals surface area contributed by atoms with Crippen LogP contribution in [0.25, 0.3) is 0 Å². The maximum atomic E-state index is 13.2. The molecule has 1 fully saturated rings. The normalized spacial score (nSPS) is 17.9. The fraction of sp³-hybridized carbons (Fsp3) is 0.333. The summed E-state index contributed by atoms with van der Waals surface area (Å²) in [6.07, 6.45) is 0. The van der Waals surface area contributed by atoms with Gasteiger partial charge in [-0.15, -0.1) is 12.4 Å². The first-order valence-corrected chi connectivity index (χ1v) is 4.17. The van der Waals surface area contributed by atoms with Crippen LogP contribution in [0, 0.1) is 17.5 Å². The maximum Gasteiger partial charge on any atom is 0.134 e. The summed E-state index contributed by atoms with van der Waals surface area (Å²) < 4.78 is 39.1. The van der Waals surface area contributed by atoms with E-state index in [0.717, 1.165) is 0 Å². The second kappa shape index (κ2) is 4.00. The highest BCUT2D eigenvalue weighted by Gasteiger charge is 2.39. The molecule has 84 valence electrons. The lowest BCUT2D eigenvalue weighted by Gasteiger charge is -2.39. The molecule has 1 aliphatic heterocycles. The van der Waals surface area contributed by atoms with Crippen molar-refractivity contribution < 1.29 is 13.2 Å². The molecule has 6 heteroatoms. The molecule has 0 unspecified atom stereocenters. The molecule has 0 amide bonds. The molecule has 1 aliphatic rings. The molecule has 0 atom stereocenters. The molecule has 1 aromatic carbocycles. The summed E-state index contributed by atoms with van der Waals surface area (Å²) in [5.74, 6) is -2.78. The van der Waals surface area contributed by atoms with Crippen molar-refractivity contribution in [3.63, 3.8) is 0 Å². The minimum absolute atomic E-state index is 0. The fourth-order valence-corrected chi connectivity index (χ4v) is 1.59. The minimum Gasteiger partial charge on any atom is -0.319 e. The predicted octanol–water partition coefficient (Wildman–Crippen LogP) is 1.28. The van der Waals surface area contributed by atoms with E-state index in [2.05, 4.69) is 5.32 Å². The highest BCUT2D eigenvalue weighted by Crippen LogP contribution is 2.28. The van der Waals surface area contributed by atoms with Gasteiger partial charge in [-0.05, 0) is 0 Å². The Labute approximate surface area is 91.1 Å². The van der Waals surface area contributed by atoms with Gasteiger partial charge in [-0.1, -0.05) is 0 Å². The molecule has 0 saturated carbocycles. The van der Waals surface area contributed by atoms with E-state index < -0.39 is 23.0 Å². The highest BCUT2D eigenvalue weighted by molar-refractivity contribution is 5.85. The van der Waals surface area contributed by atoms with Crippen LogP contribution in [0.1, 0.15) is 5.56 Å². The van der Waals surface area contributed by atoms with Crippen LogP contribution in [0.5, 0.6) is 0 Å². The molecule has 0 bridgehead atoms. The lowest BCUT2D eigenvalue weighted by molar-refractivity contribution is 0.266. The zero-order valence-electron chi connectivity index (χ0n) is 7.69. The van der Waals surface area contributed by atoms with E-state index in [1.807, 2.05) is 0 Å². The van der Waals surface area contributed by atoms with Crippen molar-refractivity contribution in [2.75, 3.05) is 13.1 Å². The Balaban J connectivity index is 0.00000112. The van der Waals surface area contributed by atoms with Crippen LogP contribution in [-0.2, 0) is 5.54 Å². The van der Waals surface area contributed by atoms with Gasteiger partial charge in [-0.3, -0.25) is 0 Å². The molecule has 3 N–H and O–H groups in total. The molecule has 15 heavy (non-hydrogen) atoms. The van der Waals surface area contributed by atoms with Crippen LogP contribution in [0.4, 0.5) is 13.2 Å². The predicted molar refractivity (Wildman–Crippen MR) is 52.3 cm³/mol. The number of benzene rings is 1. The van der Waals surface area contributed by atoms with Crippen LogP contribution in [-0.4, -0.2) is 13.1 Å². The summed E-state index contributed by atoms with van der Waals surface area (Å²) in [6.45, 7) is 0.596. The minimum atomic E-state index is -1.04. The summed E-state index contributed by atoms with van der Waals surface area (Å²) in [7, 11) is 0. The van der Waals surface area contributed by atoms with E-state index in [-0.39, 0.29) is 18.0 Å². The van der Waals surface area contributed by atoms with Gasteiger partial charge in [0.2, 0.25) is 0 Å². The number of hydrogen-bond donors (Lipinski definition) is 2. The molecule has 1 heterocycles. The van der Waals surface area contributed by atoms with E-state index >= 15 is 0 Å². The molecule has 0 radical (unpaired) electrons. The van der Waals surface area contributed by atoms with Crippen molar-refractivity contribution in [1.29, 1.82) is 0 Å². The van der Waals surface area contributed by atoms with E-state index in [1.54, 1.807) is 0 Å². The summed E-state index contributed by atoms with van der Waals surface area (Å²) in [5.41, 5.74) is 4.43. The van der Waals surface area contributed by atoms with Gasteiger partial charge in [0.1, 0.15) is 17.5 Å². The van der Waals surface area contributed by atoms with Gasteiger partial charge in [0.05, 0.1) is 5.54 Å². The van der Waals surface area contributed by atoms with Crippen LogP contribution in [0.2, 0.25) is 0 Å². The summed E-state index contributed by atoms with van der Waals surface area (Å²) in [5, 5.41) is 2.82. The fourth-order valence-electron chi connectivity index (χ4n) is 1.59. The number of halogens is 4. The Hall–Kier alpha value is -0.780. The molecule has 0 aliphatic carbocycles. The number of nitrogens with one attached hydrogen (secondary N) is 1. The van der Waals surface area contributed by atoms with Crippen molar-refractivity contribution in [3.05, 3.63) is 35.1 Å². The van der Waals surface area contributed by atoms with E-state index in [1.165, 1.54) is 0 Å². The lowest BCUT2D eigenvalue weighted by Crippen LogP contribution is -2.63. The smallest absolute Gasteiger partial charge is 0.134 e. The molecular formula is C9H10ClF3N2. The van der Waals surface area contributed by atoms with Gasteiger partial charge in [0.15, 0.2) is 0 Å². The monoisotopic (exact) mass is 238 g/mol. The van der Waals surface area contributed by atoms with Gasteiger partial charge < -0.3 is 11.1 Å². The van der Waals surface area contributed by atoms with Gasteiger partial charge in [0.25, 0.3) is 0 Å². The molecule has 0 spiro atoms. The second-order valence-corrected chi connectivity index (χ2v) is 3.50. The SMILES string of the molecule is Cl.NC1(c2c(F)cc(F)cc2F)CNC1. The quantitative estimate of drug-likeness (QED) is 0.774. The number of hydrogen-bond acceptors (Lipinski definition) is 2. The van der Waals surface area contributed by atoms with Crippen LogP contribution < -0.4 is 11.1 Å². The Bertz CT molecular complexity index is 357. The molecule has 2 rings (SSSR count). The third-order valence-electron chi connectivity index (χ3n) is 2.39. The second-order valence-electron chi connectivity index (χ2n) is 3.50. The molecule has 0 aromatic heterocycles. The highest BCUT2D eigenvalue weighted by atomic mass is 35.5. The lowest BCUT2D eigenvalue weighted by atomic mass is 9.84. The van der Waals surface area contributed by atoms with E-state index in [9.17, 15) is 13.2 Å². The zero-order chi connectivity index (χ0) is 10.3. The van der Waals surface area contributed by atoms with E-state index in [4.69, 9.17) is 5.73 Å². The van der Waals surface area contributed by atoms with Crippen molar-refractivity contribution in [3.8, 4) is 0 Å². The third-order valence-corrected chi connectivity index (χ3v) is 2.39. The Morgan fingerprint density at radius 2 is 1.60 bits per heavy atom. The summed E-state index contributed by atoms with van der Waals surface area (Å²) >= 11 is 0. The topological polar surface area (TPSA) is 38.0 Å². The van der Waals surface area contributed by atoms with Crippen LogP contribution >= 0.6 is 12.4 Å². The average molecular weight is 239 g/mol.